The first-order chi connectivity index (χ1) is 56.7. The monoisotopic (exact) mass is 1710 g/mol. The van der Waals surface area contributed by atoms with Gasteiger partial charge in [0.2, 0.25) is 53.2 Å². The van der Waals surface area contributed by atoms with E-state index >= 15 is 0 Å². The summed E-state index contributed by atoms with van der Waals surface area (Å²) in [5.74, 6) is -16.1. The van der Waals surface area contributed by atoms with Crippen molar-refractivity contribution >= 4 is 118 Å². The maximum Gasteiger partial charge on any atom is 0.333 e. The van der Waals surface area contributed by atoms with E-state index < -0.39 is 161 Å². The van der Waals surface area contributed by atoms with Crippen LogP contribution in [0.3, 0.4) is 0 Å². The van der Waals surface area contributed by atoms with Gasteiger partial charge in [-0.05, 0) is 98.0 Å². The Morgan fingerprint density at radius 3 is 1.52 bits per heavy atom. The Morgan fingerprint density at radius 1 is 0.617 bits per heavy atom. The number of esters is 2. The molecule has 0 saturated heterocycles. The molecule has 0 spiro atoms. The van der Waals surface area contributed by atoms with Gasteiger partial charge in [0.05, 0.1) is 96.4 Å². The lowest BCUT2D eigenvalue weighted by atomic mass is 9.92. The Balaban J connectivity index is 1.32. The van der Waals surface area contributed by atoms with Crippen LogP contribution < -0.4 is 52.6 Å². The number of aliphatic carboxylic acids is 1. The quantitative estimate of drug-likeness (QED) is 0.0429. The second kappa shape index (κ2) is 49.2. The first kappa shape index (κ1) is 100. The Morgan fingerprint density at radius 2 is 1.07 bits per heavy atom. The standard InChI is InChI=1S/C79H116N14O26S/c1-16-45(4)65(89-78(111)79(11,12)90(13)14)75(107)91(15)56(44(2)3)42-58(118-51(10)94)74-88-55(43-120-74)71(104)86-53(39-46(5)76(108)109)40-52-17-18-57-54(41-52)87-70(103)49(8)84-68(101)47(6)82-59(95)23-27-112-31-35-116-37-33-114-29-25-80-72(105)66(92-61(97)19-20-62(92)98)67(93-63(99)21-22-64(93)100)73(106)81-26-30-115-34-38-117-36-32-113-28-24-60(96)83-48(7)69(102)85-50(9)77(110)119-57/h17-22,41,43-50,53,56,58,65-67H,16,23-40,42H2,1-15H3,(H,80,105)(H,81,106)(H,82,95)(H,83,96)(H,84,101)(H,85,102)(H,86,104)(H,87,103)(H,89,111)(H,108,109)/t45-,46?,47?,48?,49?,50?,53+,56+,58+,65-,66?,67?/m0/s1. The molecule has 1 aromatic heterocycles. The fraction of sp³-hybridized carbons (Fsp3) is 0.620. The van der Waals surface area contributed by atoms with Gasteiger partial charge in [-0.3, -0.25) is 91.4 Å². The predicted octanol–water partition coefficient (Wildman–Crippen LogP) is -0.481. The van der Waals surface area contributed by atoms with Crippen LogP contribution in [-0.4, -0.2) is 304 Å². The number of amides is 14. The summed E-state index contributed by atoms with van der Waals surface area (Å²) < 4.78 is 44.8. The van der Waals surface area contributed by atoms with Gasteiger partial charge in [-0.15, -0.1) is 11.3 Å². The summed E-state index contributed by atoms with van der Waals surface area (Å²) >= 11 is 1.00. The van der Waals surface area contributed by atoms with E-state index in [4.69, 9.17) is 37.9 Å². The molecule has 0 radical (unpaired) electrons. The molecule has 12 atom stereocenters. The lowest BCUT2D eigenvalue weighted by Crippen LogP contribution is -2.66. The minimum atomic E-state index is -2.03. The molecular weight excluding hydrogens is 1590 g/mol. The smallest absolute Gasteiger partial charge is 0.333 e. The van der Waals surface area contributed by atoms with Crippen LogP contribution in [0.4, 0.5) is 5.69 Å². The molecule has 2 aromatic rings. The molecule has 5 rings (SSSR count). The van der Waals surface area contributed by atoms with Crippen LogP contribution in [0, 0.1) is 17.8 Å². The van der Waals surface area contributed by atoms with Crippen molar-refractivity contribution in [3.05, 3.63) is 64.1 Å². The first-order valence-corrected chi connectivity index (χ1v) is 40.5. The number of rotatable bonds is 21. The molecule has 0 fully saturated rings. The Hall–Kier alpha value is -10.6. The number of ether oxygens (including phenoxy) is 8. The molecule has 120 heavy (non-hydrogen) atoms. The zero-order valence-electron chi connectivity index (χ0n) is 70.6. The van der Waals surface area contributed by atoms with E-state index in [0.717, 1.165) is 35.6 Å². The topological polar surface area (TPSA) is 518 Å². The van der Waals surface area contributed by atoms with Crippen molar-refractivity contribution in [2.75, 3.05) is 119 Å². The summed E-state index contributed by atoms with van der Waals surface area (Å²) in [6.45, 7) is 18.2. The number of carboxylic acids is 1. The molecule has 7 unspecified atom stereocenters. The zero-order valence-corrected chi connectivity index (χ0v) is 71.4. The van der Waals surface area contributed by atoms with E-state index in [-0.39, 0.29) is 170 Å². The first-order valence-electron chi connectivity index (χ1n) is 39.6. The van der Waals surface area contributed by atoms with E-state index in [1.807, 2.05) is 27.7 Å². The summed E-state index contributed by atoms with van der Waals surface area (Å²) in [6.07, 6.45) is 2.25. The molecule has 4 heterocycles. The van der Waals surface area contributed by atoms with Gasteiger partial charge in [0.15, 0.2) is 11.9 Å². The number of benzene rings is 1. The minimum absolute atomic E-state index is 0.00177. The highest BCUT2D eigenvalue weighted by Gasteiger charge is 2.51. The third kappa shape index (κ3) is 31.2. The van der Waals surface area contributed by atoms with Gasteiger partial charge in [-0.25, -0.2) is 9.78 Å². The van der Waals surface area contributed by atoms with Crippen molar-refractivity contribution in [2.24, 2.45) is 17.8 Å². The largest absolute Gasteiger partial charge is 0.481 e. The number of thiazole rings is 1. The number of anilines is 1. The van der Waals surface area contributed by atoms with Gasteiger partial charge >= 0.3 is 17.9 Å². The minimum Gasteiger partial charge on any atom is -0.481 e. The molecular formula is C79H116N14O26S. The fourth-order valence-corrected chi connectivity index (χ4v) is 12.9. The molecule has 664 valence electrons. The molecule has 41 heteroatoms. The van der Waals surface area contributed by atoms with Crippen LogP contribution in [-0.2, 0) is 116 Å². The van der Waals surface area contributed by atoms with Crippen molar-refractivity contribution in [1.82, 2.24) is 67.1 Å². The third-order valence-electron chi connectivity index (χ3n) is 19.8. The average Bonchev–Trinajstić information content (AvgIpc) is 1.61. The van der Waals surface area contributed by atoms with E-state index in [0.29, 0.717) is 21.8 Å². The van der Waals surface area contributed by atoms with Crippen molar-refractivity contribution < 1.29 is 125 Å². The lowest BCUT2D eigenvalue weighted by molar-refractivity contribution is -0.156. The van der Waals surface area contributed by atoms with Crippen molar-refractivity contribution in [2.45, 2.75) is 188 Å². The fourth-order valence-electron chi connectivity index (χ4n) is 12.1. The summed E-state index contributed by atoms with van der Waals surface area (Å²) in [4.78, 5) is 238. The lowest BCUT2D eigenvalue weighted by Gasteiger charge is -2.38. The van der Waals surface area contributed by atoms with Crippen LogP contribution in [0.5, 0.6) is 5.75 Å². The number of carboxylic acid groups (broad SMARTS) is 1. The highest BCUT2D eigenvalue weighted by Crippen LogP contribution is 2.33. The normalized spacial score (nSPS) is 22.5. The predicted molar refractivity (Wildman–Crippen MR) is 429 cm³/mol. The third-order valence-corrected chi connectivity index (χ3v) is 20.8. The van der Waals surface area contributed by atoms with Crippen molar-refractivity contribution in [3.8, 4) is 5.75 Å². The van der Waals surface area contributed by atoms with Gasteiger partial charge in [-0.2, -0.15) is 0 Å². The Kier molecular flexibility index (Phi) is 41.0. The second-order valence-corrected chi connectivity index (χ2v) is 30.9. The number of carbonyl (C=O) groups is 17. The maximum absolute atomic E-state index is 14.5. The van der Waals surface area contributed by atoms with E-state index in [1.165, 1.54) is 70.0 Å². The van der Waals surface area contributed by atoms with E-state index in [1.54, 1.807) is 39.9 Å². The van der Waals surface area contributed by atoms with Crippen LogP contribution in [0.25, 0.3) is 0 Å². The van der Waals surface area contributed by atoms with Gasteiger partial charge in [-0.1, -0.05) is 47.1 Å². The molecule has 0 bridgehead atoms. The second-order valence-electron chi connectivity index (χ2n) is 30.0. The summed E-state index contributed by atoms with van der Waals surface area (Å²) in [5.41, 5.74) is -0.939. The molecule has 3 aliphatic heterocycles. The molecule has 40 nitrogen and oxygen atoms in total. The molecule has 10 N–H and O–H groups in total. The zero-order chi connectivity index (χ0) is 89.3. The number of hydrogen-bond donors (Lipinski definition) is 10. The molecule has 3 aliphatic rings. The summed E-state index contributed by atoms with van der Waals surface area (Å²) in [5, 5.41) is 35.3. The van der Waals surface area contributed by atoms with Crippen LogP contribution in [0.1, 0.15) is 142 Å². The highest BCUT2D eigenvalue weighted by atomic mass is 32.1. The average molecular weight is 1710 g/mol. The van der Waals surface area contributed by atoms with Gasteiger partial charge in [0, 0.05) is 88.1 Å². The molecule has 0 aliphatic carbocycles. The van der Waals surface area contributed by atoms with E-state index in [9.17, 15) is 86.6 Å². The summed E-state index contributed by atoms with van der Waals surface area (Å²) in [6, 6.07) is -7.61. The number of nitrogens with zero attached hydrogens (tertiary/aromatic N) is 5. The summed E-state index contributed by atoms with van der Waals surface area (Å²) in [7, 11) is 5.13. The van der Waals surface area contributed by atoms with Crippen molar-refractivity contribution in [1.29, 1.82) is 0 Å². The Labute approximate surface area is 700 Å². The SMILES string of the molecule is CC[C@H](C)[C@H](NC(=O)C(C)(C)N(C)C)C(=O)N(C)[C@H](C[C@@H](OC(C)=O)c1nc(C(=O)N[C@@H](Cc2ccc3c(c2)NC(=O)C(C)NC(=O)C(C)NC(=O)CCOCCOCCOCCNC(=O)C(N2C(=O)C=CC2=O)C(N2C(=O)C=CC2=O)C(=O)NCCOCCOCCOCCC(=O)NC(C)C(=O)NC(C)C(=O)O3)CC(C)C(=O)O)cs1)C(C)C. The molecule has 1 aromatic carbocycles. The number of imide groups is 2. The van der Waals surface area contributed by atoms with Gasteiger partial charge in [0.1, 0.15) is 53.0 Å². The van der Waals surface area contributed by atoms with Gasteiger partial charge in [0.25, 0.3) is 29.5 Å². The van der Waals surface area contributed by atoms with Crippen LogP contribution >= 0.6 is 11.3 Å². The van der Waals surface area contributed by atoms with E-state index in [2.05, 4.69) is 52.8 Å². The number of aromatic nitrogens is 1. The highest BCUT2D eigenvalue weighted by molar-refractivity contribution is 7.09. The van der Waals surface area contributed by atoms with Crippen LogP contribution in [0.15, 0.2) is 47.9 Å². The number of nitrogens with one attached hydrogen (secondary N) is 9. The number of likely N-dealkylation sites (N-methyl/N-ethyl adjacent to an activating group) is 2. The molecule has 14 amide bonds. The number of hydrogen-bond acceptors (Lipinski definition) is 28. The van der Waals surface area contributed by atoms with Crippen LogP contribution in [0.2, 0.25) is 0 Å². The number of fused-ring (bicyclic) bond motifs is 1. The molecule has 0 saturated carbocycles. The number of carbonyl (C=O) groups excluding carboxylic acids is 16. The maximum atomic E-state index is 14.5. The van der Waals surface area contributed by atoms with Gasteiger partial charge < -0.3 is 95.8 Å². The Bertz CT molecular complexity index is 3980. The van der Waals surface area contributed by atoms with Crippen molar-refractivity contribution in [3.63, 3.8) is 0 Å².